The number of halogens is 1. The SMILES string of the molecule is CC(O)c1cc(Cl)cc(N(S)C(=O)NCCc2ccccc2)c1O. The number of carbonyl (C=O) groups excluding carboxylic acids is 1. The summed E-state index contributed by atoms with van der Waals surface area (Å²) >= 11 is 10.1. The van der Waals surface area contributed by atoms with E-state index in [0.29, 0.717) is 13.0 Å². The molecule has 0 radical (unpaired) electrons. The number of aliphatic hydroxyl groups excluding tert-OH is 1. The van der Waals surface area contributed by atoms with Gasteiger partial charge in [-0.15, -0.1) is 0 Å². The number of nitrogens with zero attached hydrogens (tertiary/aromatic N) is 1. The van der Waals surface area contributed by atoms with E-state index >= 15 is 0 Å². The Kier molecular flexibility index (Phi) is 6.36. The molecule has 0 fully saturated rings. The Balaban J connectivity index is 2.05. The van der Waals surface area contributed by atoms with E-state index in [9.17, 15) is 15.0 Å². The van der Waals surface area contributed by atoms with Crippen LogP contribution in [0.1, 0.15) is 24.2 Å². The Morgan fingerprint density at radius 3 is 2.62 bits per heavy atom. The minimum atomic E-state index is -0.926. The highest BCUT2D eigenvalue weighted by molar-refractivity contribution is 7.82. The first kappa shape index (κ1) is 18.4. The van der Waals surface area contributed by atoms with E-state index in [1.807, 2.05) is 30.3 Å². The van der Waals surface area contributed by atoms with Crippen molar-refractivity contribution in [1.29, 1.82) is 0 Å². The first-order valence-electron chi connectivity index (χ1n) is 7.41. The average Bonchev–Trinajstić information content (AvgIpc) is 2.56. The Labute approximate surface area is 151 Å². The van der Waals surface area contributed by atoms with Crippen molar-refractivity contribution in [1.82, 2.24) is 5.32 Å². The summed E-state index contributed by atoms with van der Waals surface area (Å²) in [5.41, 5.74) is 1.44. The van der Waals surface area contributed by atoms with Gasteiger partial charge in [-0.25, -0.2) is 9.10 Å². The second-order valence-corrected chi connectivity index (χ2v) is 6.15. The van der Waals surface area contributed by atoms with Gasteiger partial charge >= 0.3 is 6.03 Å². The number of thiol groups is 1. The van der Waals surface area contributed by atoms with Crippen molar-refractivity contribution >= 4 is 36.1 Å². The maximum absolute atomic E-state index is 12.2. The number of aliphatic hydroxyl groups is 1. The van der Waals surface area contributed by atoms with Gasteiger partial charge in [0, 0.05) is 17.1 Å². The highest BCUT2D eigenvalue weighted by atomic mass is 35.5. The molecule has 0 saturated heterocycles. The zero-order chi connectivity index (χ0) is 17.7. The van der Waals surface area contributed by atoms with Crippen molar-refractivity contribution in [2.24, 2.45) is 0 Å². The lowest BCUT2D eigenvalue weighted by molar-refractivity contribution is 0.195. The van der Waals surface area contributed by atoms with Crippen molar-refractivity contribution < 1.29 is 15.0 Å². The molecule has 0 saturated carbocycles. The molecule has 5 nitrogen and oxygen atoms in total. The molecule has 0 spiro atoms. The topological polar surface area (TPSA) is 72.8 Å². The van der Waals surface area contributed by atoms with Crippen LogP contribution in [0.15, 0.2) is 42.5 Å². The normalized spacial score (nSPS) is 11.8. The number of urea groups is 1. The fourth-order valence-corrected chi connectivity index (χ4v) is 2.67. The fourth-order valence-electron chi connectivity index (χ4n) is 2.23. The van der Waals surface area contributed by atoms with Gasteiger partial charge in [0.15, 0.2) is 0 Å². The number of phenols is 1. The minimum absolute atomic E-state index is 0.110. The molecule has 0 aromatic heterocycles. The predicted octanol–water partition coefficient (Wildman–Crippen LogP) is 3.70. The zero-order valence-corrected chi connectivity index (χ0v) is 14.8. The summed E-state index contributed by atoms with van der Waals surface area (Å²) in [7, 11) is 0. The summed E-state index contributed by atoms with van der Waals surface area (Å²) in [6, 6.07) is 12.1. The summed E-state index contributed by atoms with van der Waals surface area (Å²) < 4.78 is 0.970. The van der Waals surface area contributed by atoms with Crippen molar-refractivity contribution in [3.05, 3.63) is 58.6 Å². The number of anilines is 1. The number of hydrogen-bond acceptors (Lipinski definition) is 4. The number of carbonyl (C=O) groups is 1. The molecule has 2 aromatic carbocycles. The standard InChI is InChI=1S/C17H19ClN2O3S/c1-11(21)14-9-13(18)10-15(16(14)22)20(24)17(23)19-8-7-12-5-3-2-4-6-12/h2-6,9-11,21-22,24H,7-8H2,1H3,(H,19,23). The molecule has 1 unspecified atom stereocenters. The number of aromatic hydroxyl groups is 1. The molecule has 7 heteroatoms. The molecule has 128 valence electrons. The van der Waals surface area contributed by atoms with Crippen LogP contribution in [0.3, 0.4) is 0 Å². The summed E-state index contributed by atoms with van der Waals surface area (Å²) in [6.45, 7) is 1.92. The van der Waals surface area contributed by atoms with Crippen LogP contribution in [-0.4, -0.2) is 22.8 Å². The molecule has 0 heterocycles. The quantitative estimate of drug-likeness (QED) is 0.610. The molecule has 1 atom stereocenters. The molecule has 0 aliphatic carbocycles. The summed E-state index contributed by atoms with van der Waals surface area (Å²) in [6.07, 6.45) is -0.250. The predicted molar refractivity (Wildman–Crippen MR) is 98.8 cm³/mol. The van der Waals surface area contributed by atoms with Crippen LogP contribution < -0.4 is 9.62 Å². The molecule has 3 N–H and O–H groups in total. The van der Waals surface area contributed by atoms with Crippen molar-refractivity contribution in [3.8, 4) is 5.75 Å². The third kappa shape index (κ3) is 4.56. The highest BCUT2D eigenvalue weighted by Crippen LogP contribution is 2.38. The van der Waals surface area contributed by atoms with Gasteiger partial charge in [-0.3, -0.25) is 0 Å². The van der Waals surface area contributed by atoms with E-state index in [-0.39, 0.29) is 22.0 Å². The lowest BCUT2D eigenvalue weighted by Crippen LogP contribution is -2.35. The molecule has 0 aliphatic rings. The Bertz CT molecular complexity index is 710. The molecular weight excluding hydrogens is 348 g/mol. The average molecular weight is 367 g/mol. The molecule has 0 bridgehead atoms. The van der Waals surface area contributed by atoms with Gasteiger partial charge in [-0.1, -0.05) is 54.7 Å². The van der Waals surface area contributed by atoms with Crippen LogP contribution in [-0.2, 0) is 6.42 Å². The van der Waals surface area contributed by atoms with Gasteiger partial charge in [0.25, 0.3) is 0 Å². The van der Waals surface area contributed by atoms with E-state index in [1.165, 1.54) is 19.1 Å². The Hall–Kier alpha value is -1.89. The summed E-state index contributed by atoms with van der Waals surface area (Å²) in [5.74, 6) is -0.234. The second-order valence-electron chi connectivity index (χ2n) is 5.32. The van der Waals surface area contributed by atoms with Crippen LogP contribution in [0, 0.1) is 0 Å². The Morgan fingerprint density at radius 1 is 1.33 bits per heavy atom. The third-order valence-corrected chi connectivity index (χ3v) is 4.10. The maximum atomic E-state index is 12.2. The minimum Gasteiger partial charge on any atom is -0.505 e. The van der Waals surface area contributed by atoms with E-state index < -0.39 is 12.1 Å². The molecular formula is C17H19ClN2O3S. The number of phenolic OH excluding ortho intramolecular Hbond substituents is 1. The van der Waals surface area contributed by atoms with Crippen molar-refractivity contribution in [3.63, 3.8) is 0 Å². The van der Waals surface area contributed by atoms with E-state index in [1.54, 1.807) is 0 Å². The number of hydrogen-bond donors (Lipinski definition) is 4. The second kappa shape index (κ2) is 8.28. The fraction of sp³-hybridized carbons (Fsp3) is 0.235. The van der Waals surface area contributed by atoms with Crippen molar-refractivity contribution in [2.75, 3.05) is 10.8 Å². The van der Waals surface area contributed by atoms with Crippen LogP contribution in [0.2, 0.25) is 5.02 Å². The molecule has 0 aliphatic heterocycles. The molecule has 2 aromatic rings. The van der Waals surface area contributed by atoms with E-state index in [0.717, 1.165) is 9.87 Å². The van der Waals surface area contributed by atoms with Gasteiger partial charge < -0.3 is 15.5 Å². The summed E-state index contributed by atoms with van der Waals surface area (Å²) in [5, 5.41) is 22.9. The number of benzene rings is 2. The monoisotopic (exact) mass is 366 g/mol. The number of nitrogens with one attached hydrogen (secondary N) is 1. The lowest BCUT2D eigenvalue weighted by atomic mass is 10.1. The van der Waals surface area contributed by atoms with Gasteiger partial charge in [0.2, 0.25) is 0 Å². The maximum Gasteiger partial charge on any atom is 0.332 e. The van der Waals surface area contributed by atoms with Gasteiger partial charge in [-0.2, -0.15) is 0 Å². The third-order valence-electron chi connectivity index (χ3n) is 3.49. The number of rotatable bonds is 5. The number of amides is 2. The van der Waals surface area contributed by atoms with Crippen LogP contribution in [0.25, 0.3) is 0 Å². The van der Waals surface area contributed by atoms with E-state index in [4.69, 9.17) is 11.6 Å². The van der Waals surface area contributed by atoms with Gasteiger partial charge in [0.05, 0.1) is 6.10 Å². The van der Waals surface area contributed by atoms with E-state index in [2.05, 4.69) is 18.1 Å². The van der Waals surface area contributed by atoms with Crippen LogP contribution in [0.5, 0.6) is 5.75 Å². The first-order valence-corrected chi connectivity index (χ1v) is 8.19. The highest BCUT2D eigenvalue weighted by Gasteiger charge is 2.20. The molecule has 24 heavy (non-hydrogen) atoms. The molecule has 2 amide bonds. The Morgan fingerprint density at radius 2 is 2.00 bits per heavy atom. The van der Waals surface area contributed by atoms with Crippen LogP contribution in [0.4, 0.5) is 10.5 Å². The van der Waals surface area contributed by atoms with Crippen LogP contribution >= 0.6 is 24.4 Å². The summed E-state index contributed by atoms with van der Waals surface area (Å²) in [4.78, 5) is 12.2. The lowest BCUT2D eigenvalue weighted by Gasteiger charge is -2.20. The van der Waals surface area contributed by atoms with Gasteiger partial charge in [0.1, 0.15) is 11.4 Å². The first-order chi connectivity index (χ1) is 11.4. The largest absolute Gasteiger partial charge is 0.505 e. The smallest absolute Gasteiger partial charge is 0.332 e. The zero-order valence-electron chi connectivity index (χ0n) is 13.1. The van der Waals surface area contributed by atoms with Gasteiger partial charge in [-0.05, 0) is 31.0 Å². The molecule has 2 rings (SSSR count). The van der Waals surface area contributed by atoms with Crippen molar-refractivity contribution in [2.45, 2.75) is 19.4 Å².